The minimum Gasteiger partial charge on any atom is -0.198 e. The first-order valence-corrected chi connectivity index (χ1v) is 2.54. The molecule has 1 atom stereocenters. The van der Waals surface area contributed by atoms with Gasteiger partial charge in [-0.1, -0.05) is 13.3 Å². The van der Waals surface area contributed by atoms with Gasteiger partial charge in [0.25, 0.3) is 0 Å². The highest BCUT2D eigenvalue weighted by atomic mass is 14.2. The predicted molar refractivity (Wildman–Crippen MR) is 29.4 cm³/mol. The Kier molecular flexibility index (Phi) is 3.40. The lowest BCUT2D eigenvalue weighted by Gasteiger charge is -1.92. The van der Waals surface area contributed by atoms with Crippen molar-refractivity contribution in [2.24, 2.45) is 5.92 Å². The topological polar surface area (TPSA) is 23.8 Å². The van der Waals surface area contributed by atoms with Gasteiger partial charge >= 0.3 is 0 Å². The van der Waals surface area contributed by atoms with Crippen LogP contribution in [0.25, 0.3) is 0 Å². The highest BCUT2D eigenvalue weighted by Gasteiger charge is 1.93. The predicted octanol–water partition coefficient (Wildman–Crippen LogP) is 1.76. The lowest BCUT2D eigenvalue weighted by molar-refractivity contribution is 0.698. The van der Waals surface area contributed by atoms with Gasteiger partial charge in [0.05, 0.1) is 6.07 Å². The Morgan fingerprint density at radius 1 is 1.86 bits per heavy atom. The number of hydrogen-bond acceptors (Lipinski definition) is 1. The summed E-state index contributed by atoms with van der Waals surface area (Å²) in [7, 11) is 0. The second-order valence-electron chi connectivity index (χ2n) is 1.61. The monoisotopic (exact) mass is 96.1 g/mol. The van der Waals surface area contributed by atoms with Crippen molar-refractivity contribution in [3.8, 4) is 6.07 Å². The minimum atomic E-state index is 0.00463. The molecule has 0 N–H and O–H groups in total. The molecule has 0 spiro atoms. The zero-order chi connectivity index (χ0) is 5.70. The van der Waals surface area contributed by atoms with Crippen molar-refractivity contribution < 1.29 is 0 Å². The van der Waals surface area contributed by atoms with Crippen LogP contribution in [0.3, 0.4) is 0 Å². The average Bonchev–Trinajstić information content (AvgIpc) is 1.68. The molecule has 0 aliphatic carbocycles. The molecule has 0 unspecified atom stereocenters. The molecule has 0 aliphatic rings. The van der Waals surface area contributed by atoms with E-state index in [0.717, 1.165) is 12.8 Å². The summed E-state index contributed by atoms with van der Waals surface area (Å²) in [5.74, 6) is 0.00463. The molecule has 0 aromatic rings. The summed E-state index contributed by atoms with van der Waals surface area (Å²) >= 11 is 0. The van der Waals surface area contributed by atoms with Crippen molar-refractivity contribution in [3.05, 3.63) is 6.92 Å². The van der Waals surface area contributed by atoms with Crippen LogP contribution in [-0.4, -0.2) is 0 Å². The summed E-state index contributed by atoms with van der Waals surface area (Å²) in [5, 5.41) is 8.15. The third-order valence-electron chi connectivity index (χ3n) is 0.820. The van der Waals surface area contributed by atoms with Crippen molar-refractivity contribution in [2.75, 3.05) is 0 Å². The lowest BCUT2D eigenvalue weighted by atomic mass is 10.1. The van der Waals surface area contributed by atoms with E-state index < -0.39 is 0 Å². The van der Waals surface area contributed by atoms with Crippen LogP contribution in [0.4, 0.5) is 0 Å². The van der Waals surface area contributed by atoms with Crippen LogP contribution in [0.1, 0.15) is 19.8 Å². The van der Waals surface area contributed by atoms with E-state index in [9.17, 15) is 0 Å². The van der Waals surface area contributed by atoms with Crippen molar-refractivity contribution >= 4 is 0 Å². The molecule has 0 aliphatic heterocycles. The van der Waals surface area contributed by atoms with Crippen molar-refractivity contribution in [3.63, 3.8) is 0 Å². The molecule has 0 aromatic heterocycles. The Labute approximate surface area is 45.0 Å². The summed E-state index contributed by atoms with van der Waals surface area (Å²) < 4.78 is 0. The molecule has 39 valence electrons. The second-order valence-corrected chi connectivity index (χ2v) is 1.61. The minimum absolute atomic E-state index is 0.00463. The van der Waals surface area contributed by atoms with Gasteiger partial charge in [-0.05, 0) is 13.3 Å². The van der Waals surface area contributed by atoms with E-state index >= 15 is 0 Å². The highest BCUT2D eigenvalue weighted by molar-refractivity contribution is 4.83. The molecule has 0 heterocycles. The first kappa shape index (κ1) is 6.49. The zero-order valence-electron chi connectivity index (χ0n) is 4.65. The number of rotatable bonds is 2. The fourth-order valence-corrected chi connectivity index (χ4v) is 0.413. The maximum absolute atomic E-state index is 8.15. The Morgan fingerprint density at radius 2 is 2.43 bits per heavy atom. The van der Waals surface area contributed by atoms with E-state index in [0.29, 0.717) is 0 Å². The quantitative estimate of drug-likeness (QED) is 0.514. The molecule has 7 heavy (non-hydrogen) atoms. The van der Waals surface area contributed by atoms with Crippen LogP contribution < -0.4 is 0 Å². The van der Waals surface area contributed by atoms with Crippen LogP contribution in [0.2, 0.25) is 0 Å². The zero-order valence-corrected chi connectivity index (χ0v) is 4.65. The van der Waals surface area contributed by atoms with Gasteiger partial charge in [0.15, 0.2) is 0 Å². The number of nitrogens with zero attached hydrogens (tertiary/aromatic N) is 1. The summed E-state index contributed by atoms with van der Waals surface area (Å²) in [6.07, 6.45) is 1.98. The van der Waals surface area contributed by atoms with Gasteiger partial charge in [-0.2, -0.15) is 5.26 Å². The van der Waals surface area contributed by atoms with Crippen LogP contribution in [-0.2, 0) is 0 Å². The van der Waals surface area contributed by atoms with Gasteiger partial charge in [0, 0.05) is 5.92 Å². The molecule has 0 fully saturated rings. The van der Waals surface area contributed by atoms with Crippen LogP contribution in [0, 0.1) is 24.2 Å². The normalized spacial score (nSPS) is 12.7. The number of hydrogen-bond donors (Lipinski definition) is 0. The molecule has 0 amide bonds. The van der Waals surface area contributed by atoms with Crippen LogP contribution in [0.5, 0.6) is 0 Å². The molecule has 1 nitrogen and oxygen atoms in total. The van der Waals surface area contributed by atoms with E-state index in [1.165, 1.54) is 0 Å². The Morgan fingerprint density at radius 3 is 2.57 bits per heavy atom. The molecule has 0 bridgehead atoms. The molecule has 1 heteroatoms. The highest BCUT2D eigenvalue weighted by Crippen LogP contribution is 2.00. The SMILES string of the molecule is [CH2][C@@H](C#N)CCC. The first-order valence-electron chi connectivity index (χ1n) is 2.54. The number of nitriles is 1. The Balaban J connectivity index is 3.04. The summed E-state index contributed by atoms with van der Waals surface area (Å²) in [5.41, 5.74) is 0. The van der Waals surface area contributed by atoms with Gasteiger partial charge in [-0.15, -0.1) is 0 Å². The van der Waals surface area contributed by atoms with Crippen LogP contribution >= 0.6 is 0 Å². The molecular formula is C6H10N. The van der Waals surface area contributed by atoms with E-state index in [1.54, 1.807) is 0 Å². The Hall–Kier alpha value is -0.510. The van der Waals surface area contributed by atoms with Crippen molar-refractivity contribution in [1.29, 1.82) is 5.26 Å². The van der Waals surface area contributed by atoms with E-state index in [2.05, 4.69) is 19.9 Å². The van der Waals surface area contributed by atoms with Gasteiger partial charge in [-0.25, -0.2) is 0 Å². The molecule has 0 aromatic carbocycles. The summed E-state index contributed by atoms with van der Waals surface area (Å²) in [6.45, 7) is 5.64. The largest absolute Gasteiger partial charge is 0.198 e. The standard InChI is InChI=1S/C6H10N/c1-3-4-6(2)5-7/h6H,2-4H2,1H3/t6-/m1/s1. The summed E-state index contributed by atoms with van der Waals surface area (Å²) in [4.78, 5) is 0. The molecule has 0 rings (SSSR count). The molecule has 0 saturated heterocycles. The van der Waals surface area contributed by atoms with E-state index in [4.69, 9.17) is 5.26 Å². The summed E-state index contributed by atoms with van der Waals surface area (Å²) in [6, 6.07) is 2.05. The van der Waals surface area contributed by atoms with E-state index in [-0.39, 0.29) is 5.92 Å². The van der Waals surface area contributed by atoms with Gasteiger partial charge in [0.2, 0.25) is 0 Å². The fraction of sp³-hybridized carbons (Fsp3) is 0.667. The third kappa shape index (κ3) is 3.32. The van der Waals surface area contributed by atoms with Gasteiger partial charge in [-0.3, -0.25) is 0 Å². The fourth-order valence-electron chi connectivity index (χ4n) is 0.413. The van der Waals surface area contributed by atoms with Crippen molar-refractivity contribution in [2.45, 2.75) is 19.8 Å². The lowest BCUT2D eigenvalue weighted by Crippen LogP contribution is -1.86. The maximum atomic E-state index is 8.15. The molecular weight excluding hydrogens is 86.1 g/mol. The first-order chi connectivity index (χ1) is 3.31. The van der Waals surface area contributed by atoms with Gasteiger partial charge in [0.1, 0.15) is 0 Å². The molecule has 1 radical (unpaired) electrons. The maximum Gasteiger partial charge on any atom is 0.0655 e. The van der Waals surface area contributed by atoms with E-state index in [1.807, 2.05) is 0 Å². The smallest absolute Gasteiger partial charge is 0.0655 e. The van der Waals surface area contributed by atoms with Gasteiger partial charge < -0.3 is 0 Å². The van der Waals surface area contributed by atoms with Crippen LogP contribution in [0.15, 0.2) is 0 Å². The third-order valence-corrected chi connectivity index (χ3v) is 0.820. The van der Waals surface area contributed by atoms with Crippen molar-refractivity contribution in [1.82, 2.24) is 0 Å². The Bertz CT molecular complexity index is 70.7. The molecule has 0 saturated carbocycles. The second kappa shape index (κ2) is 3.67. The average molecular weight is 96.2 g/mol.